The second-order valence-electron chi connectivity index (χ2n) is 5.03. The summed E-state index contributed by atoms with van der Waals surface area (Å²) in [5.41, 5.74) is 3.29. The zero-order valence-electron chi connectivity index (χ0n) is 11.6. The van der Waals surface area contributed by atoms with Crippen LogP contribution in [0.2, 0.25) is 5.02 Å². The zero-order chi connectivity index (χ0) is 14.7. The van der Waals surface area contributed by atoms with Crippen LogP contribution in [-0.2, 0) is 13.0 Å². The number of aromatic hydroxyl groups is 1. The summed E-state index contributed by atoms with van der Waals surface area (Å²) < 4.78 is 0. The van der Waals surface area contributed by atoms with E-state index in [1.165, 1.54) is 16.5 Å². The van der Waals surface area contributed by atoms with Gasteiger partial charge in [-0.2, -0.15) is 0 Å². The topological polar surface area (TPSA) is 48.0 Å². The Morgan fingerprint density at radius 1 is 1.05 bits per heavy atom. The third-order valence-electron chi connectivity index (χ3n) is 3.63. The Kier molecular flexibility index (Phi) is 4.13. The molecule has 1 aromatic heterocycles. The molecule has 0 aliphatic carbocycles. The van der Waals surface area contributed by atoms with Gasteiger partial charge < -0.3 is 15.4 Å². The first-order valence-corrected chi connectivity index (χ1v) is 7.35. The molecule has 0 saturated heterocycles. The van der Waals surface area contributed by atoms with E-state index in [0.29, 0.717) is 11.6 Å². The smallest absolute Gasteiger partial charge is 0.138 e. The van der Waals surface area contributed by atoms with Crippen LogP contribution in [0.25, 0.3) is 10.9 Å². The Balaban J connectivity index is 1.58. The van der Waals surface area contributed by atoms with Gasteiger partial charge >= 0.3 is 0 Å². The number of phenolic OH excluding ortho intramolecular Hbond substituents is 1. The Hall–Kier alpha value is -1.97. The molecule has 1 heterocycles. The van der Waals surface area contributed by atoms with Gasteiger partial charge in [0.15, 0.2) is 0 Å². The number of fused-ring (bicyclic) bond motifs is 1. The molecule has 0 spiro atoms. The number of rotatable bonds is 5. The predicted octanol–water partition coefficient (Wildman–Crippen LogP) is 3.86. The molecule has 2 aromatic carbocycles. The lowest BCUT2D eigenvalue weighted by Gasteiger charge is -2.07. The molecule has 4 heteroatoms. The van der Waals surface area contributed by atoms with Gasteiger partial charge in [-0.25, -0.2) is 0 Å². The van der Waals surface area contributed by atoms with Gasteiger partial charge in [0, 0.05) is 29.2 Å². The molecule has 0 aliphatic rings. The van der Waals surface area contributed by atoms with E-state index in [1.807, 2.05) is 18.2 Å². The highest BCUT2D eigenvalue weighted by atomic mass is 35.5. The van der Waals surface area contributed by atoms with Crippen LogP contribution in [0, 0.1) is 0 Å². The van der Waals surface area contributed by atoms with Crippen molar-refractivity contribution in [3.8, 4) is 5.75 Å². The summed E-state index contributed by atoms with van der Waals surface area (Å²) in [4.78, 5) is 3.28. The molecule has 0 amide bonds. The second-order valence-corrected chi connectivity index (χ2v) is 5.44. The maximum atomic E-state index is 9.85. The molecule has 0 radical (unpaired) electrons. The molecule has 3 nitrogen and oxygen atoms in total. The summed E-state index contributed by atoms with van der Waals surface area (Å²) in [5, 5.41) is 14.8. The van der Waals surface area contributed by atoms with Crippen LogP contribution in [0.1, 0.15) is 11.1 Å². The van der Waals surface area contributed by atoms with Gasteiger partial charge in [-0.05, 0) is 30.7 Å². The molecular formula is C17H17ClN2O. The van der Waals surface area contributed by atoms with E-state index < -0.39 is 0 Å². The van der Waals surface area contributed by atoms with E-state index in [2.05, 4.69) is 34.7 Å². The lowest BCUT2D eigenvalue weighted by Crippen LogP contribution is -2.16. The van der Waals surface area contributed by atoms with Crippen LogP contribution in [0.3, 0.4) is 0 Å². The van der Waals surface area contributed by atoms with Crippen molar-refractivity contribution in [3.63, 3.8) is 0 Å². The molecule has 0 atom stereocenters. The lowest BCUT2D eigenvalue weighted by atomic mass is 10.1. The minimum absolute atomic E-state index is 0.166. The number of hydrogen-bond acceptors (Lipinski definition) is 2. The molecule has 0 saturated carbocycles. The van der Waals surface area contributed by atoms with Crippen LogP contribution in [-0.4, -0.2) is 16.6 Å². The fraction of sp³-hybridized carbons (Fsp3) is 0.176. The molecule has 21 heavy (non-hydrogen) atoms. The third-order valence-corrected chi connectivity index (χ3v) is 3.94. The van der Waals surface area contributed by atoms with Gasteiger partial charge in [0.05, 0.1) is 5.02 Å². The standard InChI is InChI=1S/C17H17ClN2O/c18-15-6-3-4-13(17(15)21)10-19-9-8-12-11-20-16-7-2-1-5-14(12)16/h1-7,11,19-21H,8-10H2. The fourth-order valence-electron chi connectivity index (χ4n) is 2.49. The molecule has 0 unspecified atom stereocenters. The summed E-state index contributed by atoms with van der Waals surface area (Å²) in [5.74, 6) is 0.166. The molecule has 3 aromatic rings. The van der Waals surface area contributed by atoms with Crippen molar-refractivity contribution in [1.82, 2.24) is 10.3 Å². The number of nitrogens with one attached hydrogen (secondary N) is 2. The summed E-state index contributed by atoms with van der Waals surface area (Å²) >= 11 is 5.89. The average molecular weight is 301 g/mol. The van der Waals surface area contributed by atoms with E-state index in [-0.39, 0.29) is 5.75 Å². The molecule has 3 N–H and O–H groups in total. The van der Waals surface area contributed by atoms with Crippen molar-refractivity contribution in [3.05, 3.63) is 64.8 Å². The Morgan fingerprint density at radius 2 is 1.90 bits per heavy atom. The summed E-state index contributed by atoms with van der Waals surface area (Å²) in [6, 6.07) is 13.7. The van der Waals surface area contributed by atoms with Gasteiger partial charge in [0.2, 0.25) is 0 Å². The molecule has 3 rings (SSSR count). The molecule has 108 valence electrons. The van der Waals surface area contributed by atoms with Crippen LogP contribution >= 0.6 is 11.6 Å². The highest BCUT2D eigenvalue weighted by molar-refractivity contribution is 6.32. The van der Waals surface area contributed by atoms with E-state index in [4.69, 9.17) is 11.6 Å². The molecule has 0 aliphatic heterocycles. The number of H-pyrrole nitrogens is 1. The van der Waals surface area contributed by atoms with Crippen LogP contribution in [0.4, 0.5) is 0 Å². The van der Waals surface area contributed by atoms with E-state index in [1.54, 1.807) is 6.07 Å². The van der Waals surface area contributed by atoms with Crippen molar-refractivity contribution < 1.29 is 5.11 Å². The number of para-hydroxylation sites is 2. The number of aromatic nitrogens is 1. The normalized spacial score (nSPS) is 11.1. The first-order chi connectivity index (χ1) is 10.3. The minimum Gasteiger partial charge on any atom is -0.506 e. The van der Waals surface area contributed by atoms with Gasteiger partial charge in [0.25, 0.3) is 0 Å². The monoisotopic (exact) mass is 300 g/mol. The van der Waals surface area contributed by atoms with Gasteiger partial charge in [-0.1, -0.05) is 41.9 Å². The van der Waals surface area contributed by atoms with Crippen molar-refractivity contribution in [2.24, 2.45) is 0 Å². The maximum absolute atomic E-state index is 9.85. The second kappa shape index (κ2) is 6.20. The van der Waals surface area contributed by atoms with E-state index >= 15 is 0 Å². The van der Waals surface area contributed by atoms with Crippen molar-refractivity contribution >= 4 is 22.5 Å². The number of hydrogen-bond donors (Lipinski definition) is 3. The summed E-state index contributed by atoms with van der Waals surface area (Å²) in [6.07, 6.45) is 2.99. The Bertz CT molecular complexity index is 751. The number of phenols is 1. The number of benzene rings is 2. The molecular weight excluding hydrogens is 284 g/mol. The third kappa shape index (κ3) is 3.04. The Morgan fingerprint density at radius 3 is 2.81 bits per heavy atom. The van der Waals surface area contributed by atoms with Gasteiger partial charge in [-0.3, -0.25) is 0 Å². The average Bonchev–Trinajstić information content (AvgIpc) is 2.91. The molecule has 0 fully saturated rings. The van der Waals surface area contributed by atoms with E-state index in [9.17, 15) is 5.11 Å². The first kappa shape index (κ1) is 14.0. The van der Waals surface area contributed by atoms with Crippen LogP contribution < -0.4 is 5.32 Å². The van der Waals surface area contributed by atoms with Crippen LogP contribution in [0.15, 0.2) is 48.7 Å². The van der Waals surface area contributed by atoms with Crippen molar-refractivity contribution in [2.75, 3.05) is 6.54 Å². The highest BCUT2D eigenvalue weighted by Gasteiger charge is 2.05. The summed E-state index contributed by atoms with van der Waals surface area (Å²) in [7, 11) is 0. The van der Waals surface area contributed by atoms with Gasteiger partial charge in [0.1, 0.15) is 5.75 Å². The minimum atomic E-state index is 0.166. The maximum Gasteiger partial charge on any atom is 0.138 e. The van der Waals surface area contributed by atoms with Crippen molar-refractivity contribution in [2.45, 2.75) is 13.0 Å². The molecule has 0 bridgehead atoms. The zero-order valence-corrected chi connectivity index (χ0v) is 12.3. The SMILES string of the molecule is Oc1c(Cl)cccc1CNCCc1c[nH]c2ccccc12. The van der Waals surface area contributed by atoms with Crippen molar-refractivity contribution in [1.29, 1.82) is 0 Å². The fourth-order valence-corrected chi connectivity index (χ4v) is 2.68. The largest absolute Gasteiger partial charge is 0.506 e. The first-order valence-electron chi connectivity index (χ1n) is 6.98. The van der Waals surface area contributed by atoms with Crippen LogP contribution in [0.5, 0.6) is 5.75 Å². The van der Waals surface area contributed by atoms with E-state index in [0.717, 1.165) is 18.5 Å². The highest BCUT2D eigenvalue weighted by Crippen LogP contribution is 2.26. The number of halogens is 1. The van der Waals surface area contributed by atoms with Gasteiger partial charge in [-0.15, -0.1) is 0 Å². The Labute approximate surface area is 128 Å². The summed E-state index contributed by atoms with van der Waals surface area (Å²) in [6.45, 7) is 1.45. The quantitative estimate of drug-likeness (QED) is 0.627. The number of aromatic amines is 1. The predicted molar refractivity (Wildman–Crippen MR) is 86.8 cm³/mol. The lowest BCUT2D eigenvalue weighted by molar-refractivity contribution is 0.465.